The van der Waals surface area contributed by atoms with Gasteiger partial charge >= 0.3 is 5.97 Å². The first-order valence-corrected chi connectivity index (χ1v) is 7.10. The first kappa shape index (κ1) is 15.8. The lowest BCUT2D eigenvalue weighted by Crippen LogP contribution is -2.43. The van der Waals surface area contributed by atoms with Gasteiger partial charge in [0.2, 0.25) is 0 Å². The van der Waals surface area contributed by atoms with Gasteiger partial charge in [-0.25, -0.2) is 0 Å². The minimum Gasteiger partial charge on any atom is -0.481 e. The predicted octanol–water partition coefficient (Wildman–Crippen LogP) is 2.29. The van der Waals surface area contributed by atoms with Gasteiger partial charge in [-0.05, 0) is 38.5 Å². The van der Waals surface area contributed by atoms with Crippen LogP contribution in [-0.2, 0) is 4.79 Å². The highest BCUT2D eigenvalue weighted by Crippen LogP contribution is 2.30. The zero-order valence-electron chi connectivity index (χ0n) is 12.4. The summed E-state index contributed by atoms with van der Waals surface area (Å²) < 4.78 is 0. The molecule has 0 saturated heterocycles. The summed E-state index contributed by atoms with van der Waals surface area (Å²) >= 11 is 0. The zero-order chi connectivity index (χ0) is 14.4. The van der Waals surface area contributed by atoms with E-state index in [9.17, 15) is 4.79 Å². The minimum absolute atomic E-state index is 0.0162. The molecule has 0 aromatic heterocycles. The van der Waals surface area contributed by atoms with Crippen molar-refractivity contribution in [3.05, 3.63) is 23.4 Å². The summed E-state index contributed by atoms with van der Waals surface area (Å²) in [5, 5.41) is 15.8. The van der Waals surface area contributed by atoms with E-state index in [-0.39, 0.29) is 24.4 Å². The van der Waals surface area contributed by atoms with Crippen molar-refractivity contribution >= 4 is 5.97 Å². The van der Waals surface area contributed by atoms with Crippen molar-refractivity contribution in [2.24, 2.45) is 5.92 Å². The largest absolute Gasteiger partial charge is 0.481 e. The van der Waals surface area contributed by atoms with Crippen molar-refractivity contribution < 1.29 is 9.90 Å². The van der Waals surface area contributed by atoms with Crippen molar-refractivity contribution in [3.8, 4) is 0 Å². The Morgan fingerprint density at radius 1 is 1.53 bits per heavy atom. The molecule has 0 aliphatic carbocycles. The molecule has 0 fully saturated rings. The second-order valence-electron chi connectivity index (χ2n) is 5.13. The molecule has 4 nitrogen and oxygen atoms in total. The highest BCUT2D eigenvalue weighted by molar-refractivity contribution is 5.67. The molecule has 0 radical (unpaired) electrons. The van der Waals surface area contributed by atoms with Gasteiger partial charge in [0.1, 0.15) is 0 Å². The number of aliphatic carboxylic acids is 1. The van der Waals surface area contributed by atoms with E-state index >= 15 is 0 Å². The Morgan fingerprint density at radius 3 is 2.74 bits per heavy atom. The van der Waals surface area contributed by atoms with Crippen LogP contribution in [0.1, 0.15) is 40.5 Å². The van der Waals surface area contributed by atoms with E-state index in [0.29, 0.717) is 0 Å². The number of carboxylic acids is 1. The number of allylic oxidation sites excluding steroid dienone is 2. The fourth-order valence-corrected chi connectivity index (χ4v) is 2.85. The van der Waals surface area contributed by atoms with Crippen LogP contribution < -0.4 is 10.6 Å². The summed E-state index contributed by atoms with van der Waals surface area (Å²) in [4.78, 5) is 11.0. The molecule has 108 valence electrons. The van der Waals surface area contributed by atoms with E-state index in [0.717, 1.165) is 18.7 Å². The van der Waals surface area contributed by atoms with Gasteiger partial charge < -0.3 is 15.7 Å². The lowest BCUT2D eigenvalue weighted by atomic mass is 9.86. The maximum Gasteiger partial charge on any atom is 0.304 e. The summed E-state index contributed by atoms with van der Waals surface area (Å²) in [6.45, 7) is 9.12. The van der Waals surface area contributed by atoms with Crippen LogP contribution in [0.15, 0.2) is 23.4 Å². The highest BCUT2D eigenvalue weighted by Gasteiger charge is 2.34. The number of nitrogens with one attached hydrogen (secondary N) is 2. The van der Waals surface area contributed by atoms with E-state index in [1.54, 1.807) is 0 Å². The van der Waals surface area contributed by atoms with Gasteiger partial charge in [0, 0.05) is 23.7 Å². The molecular weight excluding hydrogens is 240 g/mol. The molecule has 0 spiro atoms. The topological polar surface area (TPSA) is 61.4 Å². The van der Waals surface area contributed by atoms with Crippen LogP contribution in [0.4, 0.5) is 0 Å². The Hall–Kier alpha value is -1.29. The van der Waals surface area contributed by atoms with Gasteiger partial charge in [0.15, 0.2) is 0 Å². The first-order chi connectivity index (χ1) is 9.01. The lowest BCUT2D eigenvalue weighted by Gasteiger charge is -2.27. The average Bonchev–Trinajstić information content (AvgIpc) is 2.61. The maximum atomic E-state index is 11.0. The van der Waals surface area contributed by atoms with Gasteiger partial charge in [-0.2, -0.15) is 0 Å². The number of carbonyl (C=O) groups is 1. The molecule has 3 unspecified atom stereocenters. The normalized spacial score (nSPS) is 24.8. The standard InChI is InChI=1S/C15H26N2O2/c1-5-7-8-12-10(3)15(11(4)17-12)13(16-6-2)9-14(18)19/h7-8,11,13,15-17H,5-6,9H2,1-4H3,(H,18,19)/b8-7-. The third kappa shape index (κ3) is 4.10. The molecule has 1 heterocycles. The van der Waals surface area contributed by atoms with Crippen LogP contribution in [0.5, 0.6) is 0 Å². The fourth-order valence-electron chi connectivity index (χ4n) is 2.85. The number of rotatable bonds is 7. The summed E-state index contributed by atoms with van der Waals surface area (Å²) in [6.07, 6.45) is 5.39. The summed E-state index contributed by atoms with van der Waals surface area (Å²) in [5.74, 6) is -0.518. The van der Waals surface area contributed by atoms with Crippen LogP contribution in [0.3, 0.4) is 0 Å². The molecule has 19 heavy (non-hydrogen) atoms. The van der Waals surface area contributed by atoms with Crippen molar-refractivity contribution in [3.63, 3.8) is 0 Å². The molecule has 0 saturated carbocycles. The van der Waals surface area contributed by atoms with Gasteiger partial charge in [-0.15, -0.1) is 0 Å². The zero-order valence-corrected chi connectivity index (χ0v) is 12.4. The fraction of sp³-hybridized carbons (Fsp3) is 0.667. The third-order valence-electron chi connectivity index (χ3n) is 3.66. The highest BCUT2D eigenvalue weighted by atomic mass is 16.4. The lowest BCUT2D eigenvalue weighted by molar-refractivity contribution is -0.137. The average molecular weight is 266 g/mol. The Morgan fingerprint density at radius 2 is 2.21 bits per heavy atom. The molecule has 4 heteroatoms. The molecule has 3 atom stereocenters. The van der Waals surface area contributed by atoms with Gasteiger partial charge in [0.25, 0.3) is 0 Å². The SMILES string of the molecule is CC/C=C\C1=C(C)C(C(CC(=O)O)NCC)C(C)N1. The van der Waals surface area contributed by atoms with Gasteiger partial charge in [-0.3, -0.25) is 4.79 Å². The third-order valence-corrected chi connectivity index (χ3v) is 3.66. The van der Waals surface area contributed by atoms with E-state index in [2.05, 4.69) is 43.6 Å². The van der Waals surface area contributed by atoms with Crippen LogP contribution in [0, 0.1) is 5.92 Å². The second kappa shape index (κ2) is 7.34. The Balaban J connectivity index is 2.91. The maximum absolute atomic E-state index is 11.0. The van der Waals surface area contributed by atoms with Gasteiger partial charge in [0.05, 0.1) is 6.42 Å². The summed E-state index contributed by atoms with van der Waals surface area (Å²) in [5.41, 5.74) is 2.40. The van der Waals surface area contributed by atoms with Gasteiger partial charge in [-0.1, -0.05) is 19.9 Å². The Kier molecular flexibility index (Phi) is 6.09. The summed E-state index contributed by atoms with van der Waals surface area (Å²) in [7, 11) is 0. The smallest absolute Gasteiger partial charge is 0.304 e. The number of hydrogen-bond donors (Lipinski definition) is 3. The van der Waals surface area contributed by atoms with Crippen molar-refractivity contribution in [2.75, 3.05) is 6.54 Å². The van der Waals surface area contributed by atoms with Crippen LogP contribution in [0.2, 0.25) is 0 Å². The molecular formula is C15H26N2O2. The van der Waals surface area contributed by atoms with E-state index in [4.69, 9.17) is 5.11 Å². The van der Waals surface area contributed by atoms with E-state index in [1.165, 1.54) is 5.57 Å². The Labute approximate surface area is 116 Å². The second-order valence-corrected chi connectivity index (χ2v) is 5.13. The predicted molar refractivity (Wildman–Crippen MR) is 77.9 cm³/mol. The monoisotopic (exact) mass is 266 g/mol. The summed E-state index contributed by atoms with van der Waals surface area (Å²) in [6, 6.07) is 0.248. The first-order valence-electron chi connectivity index (χ1n) is 7.10. The molecule has 3 N–H and O–H groups in total. The van der Waals surface area contributed by atoms with Crippen molar-refractivity contribution in [2.45, 2.75) is 52.6 Å². The number of hydrogen-bond acceptors (Lipinski definition) is 3. The van der Waals surface area contributed by atoms with Crippen LogP contribution in [0.25, 0.3) is 0 Å². The molecule has 0 aromatic rings. The Bertz CT molecular complexity index is 374. The molecule has 1 aliphatic rings. The molecule has 1 aliphatic heterocycles. The molecule has 1 rings (SSSR count). The minimum atomic E-state index is -0.747. The molecule has 0 amide bonds. The number of carboxylic acid groups (broad SMARTS) is 1. The molecule has 0 bridgehead atoms. The van der Waals surface area contributed by atoms with E-state index in [1.807, 2.05) is 6.92 Å². The molecule has 0 aromatic carbocycles. The van der Waals surface area contributed by atoms with E-state index < -0.39 is 5.97 Å². The van der Waals surface area contributed by atoms with Crippen LogP contribution in [-0.4, -0.2) is 29.7 Å². The van der Waals surface area contributed by atoms with Crippen molar-refractivity contribution in [1.29, 1.82) is 0 Å². The quantitative estimate of drug-likeness (QED) is 0.661. The van der Waals surface area contributed by atoms with Crippen molar-refractivity contribution in [1.82, 2.24) is 10.6 Å². The van der Waals surface area contributed by atoms with Crippen LogP contribution >= 0.6 is 0 Å².